The van der Waals surface area contributed by atoms with Crippen LogP contribution in [0.15, 0.2) is 23.1 Å². The summed E-state index contributed by atoms with van der Waals surface area (Å²) in [5.74, 6) is 0.735. The van der Waals surface area contributed by atoms with Crippen molar-refractivity contribution in [3.8, 4) is 0 Å². The minimum atomic E-state index is -3.54. The van der Waals surface area contributed by atoms with E-state index in [1.54, 1.807) is 25.1 Å². The molecule has 0 radical (unpaired) electrons. The van der Waals surface area contributed by atoms with Crippen LogP contribution in [0.3, 0.4) is 0 Å². The first kappa shape index (κ1) is 15.3. The van der Waals surface area contributed by atoms with Gasteiger partial charge in [0.05, 0.1) is 5.69 Å². The molecule has 0 heterocycles. The van der Waals surface area contributed by atoms with Gasteiger partial charge >= 0.3 is 0 Å². The van der Waals surface area contributed by atoms with Crippen LogP contribution in [-0.2, 0) is 14.8 Å². The van der Waals surface area contributed by atoms with Gasteiger partial charge in [-0.25, -0.2) is 13.1 Å². The quantitative estimate of drug-likeness (QED) is 0.565. The largest absolute Gasteiger partial charge is 0.398 e. The second-order valence-corrected chi connectivity index (χ2v) is 6.97. The van der Waals surface area contributed by atoms with Crippen molar-refractivity contribution in [2.45, 2.75) is 31.1 Å². The molecule has 20 heavy (non-hydrogen) atoms. The highest BCUT2D eigenvalue weighted by Gasteiger charge is 2.21. The first-order valence-electron chi connectivity index (χ1n) is 6.93. The number of ether oxygens (including phenoxy) is 1. The van der Waals surface area contributed by atoms with E-state index in [1.807, 2.05) is 0 Å². The maximum Gasteiger partial charge on any atom is 0.242 e. The molecule has 3 N–H and O–H groups in total. The number of hydrogen-bond donors (Lipinski definition) is 2. The lowest BCUT2D eigenvalue weighted by atomic mass is 10.2. The van der Waals surface area contributed by atoms with E-state index < -0.39 is 10.0 Å². The molecule has 0 atom stereocenters. The van der Waals surface area contributed by atoms with E-state index in [0.29, 0.717) is 25.1 Å². The highest BCUT2D eigenvalue weighted by Crippen LogP contribution is 2.28. The van der Waals surface area contributed by atoms with Crippen LogP contribution in [-0.4, -0.2) is 28.2 Å². The Morgan fingerprint density at radius 1 is 1.40 bits per heavy atom. The zero-order chi connectivity index (χ0) is 14.6. The number of aryl methyl sites for hydroxylation is 1. The number of sulfonamides is 1. The minimum absolute atomic E-state index is 0.180. The Bertz CT molecular complexity index is 533. The van der Waals surface area contributed by atoms with E-state index in [4.69, 9.17) is 10.5 Å². The molecule has 112 valence electrons. The molecule has 1 fully saturated rings. The van der Waals surface area contributed by atoms with Crippen molar-refractivity contribution < 1.29 is 13.2 Å². The monoisotopic (exact) mass is 298 g/mol. The summed E-state index contributed by atoms with van der Waals surface area (Å²) >= 11 is 0. The summed E-state index contributed by atoms with van der Waals surface area (Å²) in [5.41, 5.74) is 6.69. The Kier molecular flexibility index (Phi) is 5.01. The fraction of sp³-hybridized carbons (Fsp3) is 0.571. The summed E-state index contributed by atoms with van der Waals surface area (Å²) in [5, 5.41) is 0. The van der Waals surface area contributed by atoms with Crippen LogP contribution in [0, 0.1) is 12.8 Å². The van der Waals surface area contributed by atoms with Gasteiger partial charge in [-0.05, 0) is 43.7 Å². The molecular weight excluding hydrogens is 276 g/mol. The van der Waals surface area contributed by atoms with E-state index in [9.17, 15) is 8.42 Å². The van der Waals surface area contributed by atoms with Crippen molar-refractivity contribution in [3.05, 3.63) is 23.8 Å². The normalized spacial score (nSPS) is 15.4. The number of rotatable bonds is 8. The molecular formula is C14H22N2O3S. The summed E-state index contributed by atoms with van der Waals surface area (Å²) in [6.07, 6.45) is 3.19. The predicted molar refractivity (Wildman–Crippen MR) is 78.9 cm³/mol. The van der Waals surface area contributed by atoms with Crippen LogP contribution in [0.5, 0.6) is 0 Å². The van der Waals surface area contributed by atoms with Crippen LogP contribution >= 0.6 is 0 Å². The molecule has 0 aromatic heterocycles. The summed E-state index contributed by atoms with van der Waals surface area (Å²) in [4.78, 5) is 0.180. The van der Waals surface area contributed by atoms with Gasteiger partial charge in [0.25, 0.3) is 0 Å². The Balaban J connectivity index is 1.81. The van der Waals surface area contributed by atoms with Gasteiger partial charge in [-0.3, -0.25) is 0 Å². The molecule has 6 heteroatoms. The number of hydrogen-bond acceptors (Lipinski definition) is 4. The molecule has 1 aliphatic rings. The Morgan fingerprint density at radius 2 is 2.15 bits per heavy atom. The van der Waals surface area contributed by atoms with Crippen LogP contribution < -0.4 is 10.5 Å². The molecule has 1 aliphatic carbocycles. The zero-order valence-corrected chi connectivity index (χ0v) is 12.6. The topological polar surface area (TPSA) is 81.4 Å². The SMILES string of the molecule is Cc1cccc(N)c1S(=O)(=O)NCCCOCC1CC1. The van der Waals surface area contributed by atoms with Crippen LogP contribution in [0.25, 0.3) is 0 Å². The Hall–Kier alpha value is -1.11. The summed E-state index contributed by atoms with van der Waals surface area (Å²) in [6, 6.07) is 5.08. The molecule has 0 unspecified atom stereocenters. The van der Waals surface area contributed by atoms with Gasteiger partial charge in [0.1, 0.15) is 4.90 Å². The molecule has 0 spiro atoms. The maximum atomic E-state index is 12.2. The number of nitrogen functional groups attached to an aromatic ring is 1. The highest BCUT2D eigenvalue weighted by molar-refractivity contribution is 7.89. The molecule has 0 aliphatic heterocycles. The lowest BCUT2D eigenvalue weighted by Gasteiger charge is -2.11. The summed E-state index contributed by atoms with van der Waals surface area (Å²) < 4.78 is 32.4. The van der Waals surface area contributed by atoms with E-state index in [-0.39, 0.29) is 10.6 Å². The minimum Gasteiger partial charge on any atom is -0.398 e. The first-order valence-corrected chi connectivity index (χ1v) is 8.41. The third-order valence-corrected chi connectivity index (χ3v) is 5.00. The molecule has 0 amide bonds. The van der Waals surface area contributed by atoms with Crippen LogP contribution in [0.1, 0.15) is 24.8 Å². The predicted octanol–water partition coefficient (Wildman–Crippen LogP) is 1.67. The van der Waals surface area contributed by atoms with Crippen molar-refractivity contribution in [2.75, 3.05) is 25.5 Å². The maximum absolute atomic E-state index is 12.2. The molecule has 1 aromatic carbocycles. The zero-order valence-electron chi connectivity index (χ0n) is 11.8. The van der Waals surface area contributed by atoms with Gasteiger partial charge in [0, 0.05) is 19.8 Å². The molecule has 5 nitrogen and oxygen atoms in total. The van der Waals surface area contributed by atoms with Gasteiger partial charge in [-0.2, -0.15) is 0 Å². The van der Waals surface area contributed by atoms with Crippen molar-refractivity contribution in [2.24, 2.45) is 5.92 Å². The van der Waals surface area contributed by atoms with Gasteiger partial charge in [-0.15, -0.1) is 0 Å². The van der Waals surface area contributed by atoms with Crippen molar-refractivity contribution in [1.82, 2.24) is 4.72 Å². The fourth-order valence-electron chi connectivity index (χ4n) is 2.03. The first-order chi connectivity index (χ1) is 9.50. The molecule has 1 saturated carbocycles. The lowest BCUT2D eigenvalue weighted by Crippen LogP contribution is -2.27. The number of benzene rings is 1. The molecule has 1 aromatic rings. The highest BCUT2D eigenvalue weighted by atomic mass is 32.2. The van der Waals surface area contributed by atoms with E-state index in [2.05, 4.69) is 4.72 Å². The summed E-state index contributed by atoms with van der Waals surface area (Å²) in [6.45, 7) is 3.49. The van der Waals surface area contributed by atoms with Gasteiger partial charge in [0.2, 0.25) is 10.0 Å². The average Bonchev–Trinajstić information content (AvgIpc) is 3.17. The van der Waals surface area contributed by atoms with Crippen LogP contribution in [0.2, 0.25) is 0 Å². The fourth-order valence-corrected chi connectivity index (χ4v) is 3.46. The number of nitrogens with two attached hydrogens (primary N) is 1. The molecule has 0 saturated heterocycles. The third-order valence-electron chi connectivity index (χ3n) is 3.32. The van der Waals surface area contributed by atoms with Crippen LogP contribution in [0.4, 0.5) is 5.69 Å². The average molecular weight is 298 g/mol. The van der Waals surface area contributed by atoms with Crippen molar-refractivity contribution in [3.63, 3.8) is 0 Å². The van der Waals surface area contributed by atoms with Crippen molar-refractivity contribution in [1.29, 1.82) is 0 Å². The standard InChI is InChI=1S/C14H22N2O3S/c1-11-4-2-5-13(15)14(11)20(17,18)16-8-3-9-19-10-12-6-7-12/h2,4-5,12,16H,3,6-10,15H2,1H3. The summed E-state index contributed by atoms with van der Waals surface area (Å²) in [7, 11) is -3.54. The number of nitrogens with one attached hydrogen (secondary N) is 1. The van der Waals surface area contributed by atoms with Gasteiger partial charge < -0.3 is 10.5 Å². The number of anilines is 1. The van der Waals surface area contributed by atoms with E-state index >= 15 is 0 Å². The molecule has 0 bridgehead atoms. The van der Waals surface area contributed by atoms with E-state index in [0.717, 1.165) is 12.5 Å². The Morgan fingerprint density at radius 3 is 2.80 bits per heavy atom. The third kappa shape index (κ3) is 4.19. The molecule has 2 rings (SSSR count). The second-order valence-electron chi connectivity index (χ2n) is 5.26. The van der Waals surface area contributed by atoms with Gasteiger partial charge in [-0.1, -0.05) is 12.1 Å². The van der Waals surface area contributed by atoms with Crippen molar-refractivity contribution >= 4 is 15.7 Å². The Labute approximate surface area is 120 Å². The van der Waals surface area contributed by atoms with E-state index in [1.165, 1.54) is 12.8 Å². The van der Waals surface area contributed by atoms with Gasteiger partial charge in [0.15, 0.2) is 0 Å². The lowest BCUT2D eigenvalue weighted by molar-refractivity contribution is 0.123. The second kappa shape index (κ2) is 6.56. The smallest absolute Gasteiger partial charge is 0.242 e.